The Morgan fingerprint density at radius 1 is 1.21 bits per heavy atom. The Labute approximate surface area is 141 Å². The molecule has 0 bridgehead atoms. The Balaban J connectivity index is 1.50. The zero-order valence-corrected chi connectivity index (χ0v) is 13.8. The van der Waals surface area contributed by atoms with Crippen molar-refractivity contribution in [3.8, 4) is 11.5 Å². The minimum Gasteiger partial charge on any atom is -0.460 e. The fourth-order valence-corrected chi connectivity index (χ4v) is 3.55. The maximum Gasteiger partial charge on any atom is 0.152 e. The van der Waals surface area contributed by atoms with E-state index in [0.717, 1.165) is 42.4 Å². The lowest BCUT2D eigenvalue weighted by atomic mass is 9.95. The van der Waals surface area contributed by atoms with Gasteiger partial charge in [0.2, 0.25) is 0 Å². The molecule has 1 aliphatic heterocycles. The molecule has 3 aromatic rings. The highest BCUT2D eigenvalue weighted by Crippen LogP contribution is 2.29. The molecule has 1 aliphatic rings. The lowest BCUT2D eigenvalue weighted by Crippen LogP contribution is -2.28. The Bertz CT molecular complexity index is 808. The third kappa shape index (κ3) is 2.88. The Morgan fingerprint density at radius 2 is 2.04 bits per heavy atom. The molecular formula is C19H22N4O. The second-order valence-corrected chi connectivity index (χ2v) is 6.56. The van der Waals surface area contributed by atoms with E-state index < -0.39 is 0 Å². The first-order valence-corrected chi connectivity index (χ1v) is 8.32. The third-order valence-electron chi connectivity index (χ3n) is 4.77. The molecule has 24 heavy (non-hydrogen) atoms. The summed E-state index contributed by atoms with van der Waals surface area (Å²) in [6.07, 6.45) is 1.88. The Morgan fingerprint density at radius 3 is 2.79 bits per heavy atom. The molecule has 0 amide bonds. The van der Waals surface area contributed by atoms with Gasteiger partial charge in [-0.15, -0.1) is 0 Å². The van der Waals surface area contributed by atoms with Crippen molar-refractivity contribution < 1.29 is 4.42 Å². The van der Waals surface area contributed by atoms with Crippen molar-refractivity contribution in [3.63, 3.8) is 0 Å². The van der Waals surface area contributed by atoms with Gasteiger partial charge < -0.3 is 10.2 Å². The number of hydrogen-bond donors (Lipinski definition) is 2. The van der Waals surface area contributed by atoms with Crippen molar-refractivity contribution in [2.24, 2.45) is 5.73 Å². The molecule has 2 aromatic heterocycles. The number of benzene rings is 1. The maximum absolute atomic E-state index is 6.40. The average Bonchev–Trinajstić information content (AvgIpc) is 3.29. The van der Waals surface area contributed by atoms with Crippen LogP contribution in [0.25, 0.3) is 11.5 Å². The van der Waals surface area contributed by atoms with Crippen LogP contribution in [0.3, 0.4) is 0 Å². The van der Waals surface area contributed by atoms with Gasteiger partial charge in [0, 0.05) is 37.2 Å². The largest absolute Gasteiger partial charge is 0.460 e. The van der Waals surface area contributed by atoms with Gasteiger partial charge in [-0.25, -0.2) is 0 Å². The number of nitrogens with two attached hydrogens (primary N) is 1. The Kier molecular flexibility index (Phi) is 3.96. The number of rotatable bonds is 4. The third-order valence-corrected chi connectivity index (χ3v) is 4.77. The van der Waals surface area contributed by atoms with Gasteiger partial charge >= 0.3 is 0 Å². The highest BCUT2D eigenvalue weighted by atomic mass is 16.3. The van der Waals surface area contributed by atoms with E-state index in [4.69, 9.17) is 10.2 Å². The van der Waals surface area contributed by atoms with E-state index in [1.54, 1.807) is 0 Å². The Hall–Kier alpha value is -2.37. The van der Waals surface area contributed by atoms with Crippen molar-refractivity contribution in [2.75, 3.05) is 13.1 Å². The van der Waals surface area contributed by atoms with Crippen LogP contribution in [-0.4, -0.2) is 34.2 Å². The van der Waals surface area contributed by atoms with Gasteiger partial charge in [0.25, 0.3) is 0 Å². The van der Waals surface area contributed by atoms with E-state index in [2.05, 4.69) is 39.4 Å². The summed E-state index contributed by atoms with van der Waals surface area (Å²) in [5, 5.41) is 7.26. The van der Waals surface area contributed by atoms with Crippen LogP contribution >= 0.6 is 0 Å². The van der Waals surface area contributed by atoms with Crippen LogP contribution in [0.2, 0.25) is 0 Å². The van der Waals surface area contributed by atoms with Crippen LogP contribution < -0.4 is 5.73 Å². The zero-order valence-electron chi connectivity index (χ0n) is 13.8. The molecule has 5 heteroatoms. The molecule has 1 aromatic carbocycles. The normalized spacial score (nSPS) is 21.4. The van der Waals surface area contributed by atoms with Crippen LogP contribution in [0.15, 0.2) is 53.1 Å². The number of furan rings is 1. The molecule has 0 aliphatic carbocycles. The minimum atomic E-state index is 0.161. The van der Waals surface area contributed by atoms with Crippen molar-refractivity contribution in [1.82, 2.24) is 15.1 Å². The summed E-state index contributed by atoms with van der Waals surface area (Å²) in [7, 11) is 0. The molecule has 0 saturated carbocycles. The minimum absolute atomic E-state index is 0.161. The maximum atomic E-state index is 6.40. The van der Waals surface area contributed by atoms with E-state index in [1.165, 1.54) is 5.56 Å². The van der Waals surface area contributed by atoms with E-state index in [1.807, 2.05) is 31.3 Å². The van der Waals surface area contributed by atoms with Gasteiger partial charge in [-0.2, -0.15) is 5.10 Å². The highest BCUT2D eigenvalue weighted by molar-refractivity contribution is 5.56. The predicted molar refractivity (Wildman–Crippen MR) is 93.5 cm³/mol. The number of H-pyrrole nitrogens is 1. The molecule has 0 spiro atoms. The van der Waals surface area contributed by atoms with Gasteiger partial charge in [-0.1, -0.05) is 30.3 Å². The monoisotopic (exact) mass is 322 g/mol. The standard InChI is InChI=1S/C19H22N4O/c1-13-7-8-18(24-13)19-15(9-21-22-19)10-23-11-16(17(20)12-23)14-5-3-2-4-6-14/h2-9,16-17H,10-12,20H2,1H3,(H,21,22)/t16-,17+/m0/s1. The summed E-state index contributed by atoms with van der Waals surface area (Å²) in [6, 6.07) is 14.7. The van der Waals surface area contributed by atoms with E-state index >= 15 is 0 Å². The predicted octanol–water partition coefficient (Wildman–Crippen LogP) is 2.90. The SMILES string of the molecule is Cc1ccc(-c2[nH]ncc2CN2C[C@@H](N)[C@H](c3ccccc3)C2)o1. The molecule has 3 heterocycles. The quantitative estimate of drug-likeness (QED) is 0.775. The smallest absolute Gasteiger partial charge is 0.152 e. The summed E-state index contributed by atoms with van der Waals surface area (Å²) in [4.78, 5) is 2.40. The second kappa shape index (κ2) is 6.26. The van der Waals surface area contributed by atoms with E-state index in [0.29, 0.717) is 5.92 Å². The number of aromatic amines is 1. The first-order valence-electron chi connectivity index (χ1n) is 8.32. The molecule has 1 saturated heterocycles. The summed E-state index contributed by atoms with van der Waals surface area (Å²) in [5.41, 5.74) is 9.82. The van der Waals surface area contributed by atoms with Crippen LogP contribution in [0, 0.1) is 6.92 Å². The average molecular weight is 322 g/mol. The summed E-state index contributed by atoms with van der Waals surface area (Å²) in [5.74, 6) is 2.12. The fraction of sp³-hybridized carbons (Fsp3) is 0.316. The van der Waals surface area contributed by atoms with Crippen LogP contribution in [0.4, 0.5) is 0 Å². The molecule has 2 atom stereocenters. The lowest BCUT2D eigenvalue weighted by molar-refractivity contribution is 0.324. The number of nitrogens with zero attached hydrogens (tertiary/aromatic N) is 2. The molecule has 1 fully saturated rings. The van der Waals surface area contributed by atoms with Crippen LogP contribution in [-0.2, 0) is 6.54 Å². The highest BCUT2D eigenvalue weighted by Gasteiger charge is 2.31. The topological polar surface area (TPSA) is 71.1 Å². The molecular weight excluding hydrogens is 300 g/mol. The van der Waals surface area contributed by atoms with Crippen molar-refractivity contribution >= 4 is 0 Å². The number of likely N-dealkylation sites (tertiary alicyclic amines) is 1. The van der Waals surface area contributed by atoms with Crippen molar-refractivity contribution in [3.05, 3.63) is 65.5 Å². The van der Waals surface area contributed by atoms with Gasteiger partial charge in [0.1, 0.15) is 11.5 Å². The fourth-order valence-electron chi connectivity index (χ4n) is 3.55. The molecule has 4 rings (SSSR count). The van der Waals surface area contributed by atoms with Crippen LogP contribution in [0.5, 0.6) is 0 Å². The number of hydrogen-bond acceptors (Lipinski definition) is 4. The van der Waals surface area contributed by atoms with Gasteiger partial charge in [-0.05, 0) is 24.6 Å². The van der Waals surface area contributed by atoms with E-state index in [9.17, 15) is 0 Å². The van der Waals surface area contributed by atoms with Gasteiger partial charge in [0.15, 0.2) is 5.76 Å². The van der Waals surface area contributed by atoms with Gasteiger partial charge in [0.05, 0.1) is 6.20 Å². The van der Waals surface area contributed by atoms with Crippen molar-refractivity contribution in [1.29, 1.82) is 0 Å². The molecule has 5 nitrogen and oxygen atoms in total. The first kappa shape index (κ1) is 15.2. The second-order valence-electron chi connectivity index (χ2n) is 6.56. The zero-order chi connectivity index (χ0) is 16.5. The number of aryl methyl sites for hydroxylation is 1. The summed E-state index contributed by atoms with van der Waals surface area (Å²) < 4.78 is 5.73. The lowest BCUT2D eigenvalue weighted by Gasteiger charge is -2.16. The van der Waals surface area contributed by atoms with Crippen molar-refractivity contribution in [2.45, 2.75) is 25.4 Å². The summed E-state index contributed by atoms with van der Waals surface area (Å²) >= 11 is 0. The molecule has 0 radical (unpaired) electrons. The number of aromatic nitrogens is 2. The summed E-state index contributed by atoms with van der Waals surface area (Å²) in [6.45, 7) is 4.63. The van der Waals surface area contributed by atoms with Gasteiger partial charge in [-0.3, -0.25) is 10.00 Å². The molecule has 124 valence electrons. The first-order chi connectivity index (χ1) is 11.7. The van der Waals surface area contributed by atoms with Crippen LogP contribution in [0.1, 0.15) is 22.8 Å². The molecule has 3 N–H and O–H groups in total. The molecule has 0 unspecified atom stereocenters. The van der Waals surface area contributed by atoms with E-state index in [-0.39, 0.29) is 6.04 Å². The number of nitrogens with one attached hydrogen (secondary N) is 1.